The third kappa shape index (κ3) is 2.91. The smallest absolute Gasteiger partial charge is 0.305 e. The van der Waals surface area contributed by atoms with Gasteiger partial charge in [-0.3, -0.25) is 4.79 Å². The molecule has 0 heterocycles. The van der Waals surface area contributed by atoms with E-state index in [0.717, 1.165) is 12.8 Å². The number of rotatable bonds is 4. The van der Waals surface area contributed by atoms with Crippen LogP contribution >= 0.6 is 0 Å². The van der Waals surface area contributed by atoms with E-state index in [-0.39, 0.29) is 5.97 Å². The number of carbonyl (C=O) groups is 1. The van der Waals surface area contributed by atoms with E-state index in [1.807, 2.05) is 6.08 Å². The zero-order chi connectivity index (χ0) is 8.81. The van der Waals surface area contributed by atoms with Gasteiger partial charge in [-0.05, 0) is 6.42 Å². The molecule has 2 heteroatoms. The van der Waals surface area contributed by atoms with Crippen LogP contribution in [0.25, 0.3) is 0 Å². The molecule has 0 amide bonds. The minimum absolute atomic E-state index is 0.110. The van der Waals surface area contributed by atoms with Gasteiger partial charge in [0, 0.05) is 12.8 Å². The molecule has 0 aromatic heterocycles. The second kappa shape index (κ2) is 4.75. The maximum atomic E-state index is 10.7. The number of carbonyl (C=O) groups excluding carboxylic acids is 1. The van der Waals surface area contributed by atoms with Crippen LogP contribution in [0, 0.1) is 0 Å². The van der Waals surface area contributed by atoms with Gasteiger partial charge in [-0.15, -0.1) is 0 Å². The molecular formula is C10H14O2. The Morgan fingerprint density at radius 2 is 2.50 bits per heavy atom. The first-order valence-corrected chi connectivity index (χ1v) is 4.33. The molecule has 0 fully saturated rings. The van der Waals surface area contributed by atoms with Crippen molar-refractivity contribution in [2.24, 2.45) is 0 Å². The van der Waals surface area contributed by atoms with Gasteiger partial charge in [-0.1, -0.05) is 30.7 Å². The molecule has 0 N–H and O–H groups in total. The average molecular weight is 166 g/mol. The Hall–Kier alpha value is -1.05. The summed E-state index contributed by atoms with van der Waals surface area (Å²) < 4.78 is 4.95. The van der Waals surface area contributed by atoms with Crippen LogP contribution in [-0.2, 0) is 9.53 Å². The summed E-state index contributed by atoms with van der Waals surface area (Å²) in [6.07, 6.45) is 8.59. The fraction of sp³-hybridized carbons (Fsp3) is 0.500. The predicted octanol–water partition coefficient (Wildman–Crippen LogP) is 2.22. The SMILES string of the molecule is CCC(=O)OCCC1=CC=CC1. The molecule has 66 valence electrons. The number of hydrogen-bond acceptors (Lipinski definition) is 2. The third-order valence-electron chi connectivity index (χ3n) is 1.82. The monoisotopic (exact) mass is 166 g/mol. The van der Waals surface area contributed by atoms with Gasteiger partial charge in [0.15, 0.2) is 0 Å². The lowest BCUT2D eigenvalue weighted by molar-refractivity contribution is -0.143. The van der Waals surface area contributed by atoms with E-state index in [2.05, 4.69) is 12.2 Å². The number of esters is 1. The Bertz CT molecular complexity index is 214. The van der Waals surface area contributed by atoms with Gasteiger partial charge in [0.2, 0.25) is 0 Å². The molecule has 1 aliphatic carbocycles. The van der Waals surface area contributed by atoms with Crippen molar-refractivity contribution >= 4 is 5.97 Å². The Labute approximate surface area is 72.9 Å². The van der Waals surface area contributed by atoms with Crippen LogP contribution in [-0.4, -0.2) is 12.6 Å². The molecule has 1 rings (SSSR count). The Morgan fingerprint density at radius 1 is 1.67 bits per heavy atom. The zero-order valence-corrected chi connectivity index (χ0v) is 7.38. The fourth-order valence-corrected chi connectivity index (χ4v) is 1.07. The van der Waals surface area contributed by atoms with Crippen molar-refractivity contribution in [2.75, 3.05) is 6.61 Å². The van der Waals surface area contributed by atoms with Gasteiger partial charge < -0.3 is 4.74 Å². The summed E-state index contributed by atoms with van der Waals surface area (Å²) in [6.45, 7) is 2.33. The van der Waals surface area contributed by atoms with Crippen LogP contribution in [0.15, 0.2) is 23.8 Å². The molecule has 0 unspecified atom stereocenters. The summed E-state index contributed by atoms with van der Waals surface area (Å²) >= 11 is 0. The maximum Gasteiger partial charge on any atom is 0.305 e. The lowest BCUT2D eigenvalue weighted by Gasteiger charge is -2.03. The molecule has 12 heavy (non-hydrogen) atoms. The molecule has 0 saturated carbocycles. The Balaban J connectivity index is 2.06. The predicted molar refractivity (Wildman–Crippen MR) is 47.7 cm³/mol. The number of allylic oxidation sites excluding steroid dienone is 3. The van der Waals surface area contributed by atoms with Gasteiger partial charge in [0.05, 0.1) is 6.61 Å². The average Bonchev–Trinajstić information content (AvgIpc) is 2.57. The molecule has 0 bridgehead atoms. The van der Waals surface area contributed by atoms with Crippen LogP contribution in [0.2, 0.25) is 0 Å². The third-order valence-corrected chi connectivity index (χ3v) is 1.82. The molecule has 0 aromatic rings. The molecule has 0 saturated heterocycles. The summed E-state index contributed by atoms with van der Waals surface area (Å²) in [4.78, 5) is 10.7. The van der Waals surface area contributed by atoms with E-state index in [0.29, 0.717) is 13.0 Å². The van der Waals surface area contributed by atoms with Crippen LogP contribution in [0.5, 0.6) is 0 Å². The van der Waals surface area contributed by atoms with Gasteiger partial charge in [-0.2, -0.15) is 0 Å². The van der Waals surface area contributed by atoms with Gasteiger partial charge >= 0.3 is 5.97 Å². The number of ether oxygens (including phenoxy) is 1. The highest BCUT2D eigenvalue weighted by Gasteiger charge is 2.01. The first kappa shape index (κ1) is 9.04. The first-order chi connectivity index (χ1) is 5.83. The van der Waals surface area contributed by atoms with E-state index in [4.69, 9.17) is 4.74 Å². The minimum atomic E-state index is -0.110. The second-order valence-electron chi connectivity index (χ2n) is 2.78. The van der Waals surface area contributed by atoms with Crippen LogP contribution < -0.4 is 0 Å². The standard InChI is InChI=1S/C10H14O2/c1-2-10(11)12-8-7-9-5-3-4-6-9/h3-5H,2,6-8H2,1H3. The normalized spacial score (nSPS) is 14.6. The second-order valence-corrected chi connectivity index (χ2v) is 2.78. The van der Waals surface area contributed by atoms with E-state index >= 15 is 0 Å². The minimum Gasteiger partial charge on any atom is -0.465 e. The highest BCUT2D eigenvalue weighted by Crippen LogP contribution is 2.13. The molecular weight excluding hydrogens is 152 g/mol. The van der Waals surface area contributed by atoms with E-state index in [1.54, 1.807) is 6.92 Å². The van der Waals surface area contributed by atoms with Crippen molar-refractivity contribution in [3.63, 3.8) is 0 Å². The van der Waals surface area contributed by atoms with Crippen LogP contribution in [0.4, 0.5) is 0 Å². The fourth-order valence-electron chi connectivity index (χ4n) is 1.07. The topological polar surface area (TPSA) is 26.3 Å². The lowest BCUT2D eigenvalue weighted by atomic mass is 10.2. The van der Waals surface area contributed by atoms with E-state index < -0.39 is 0 Å². The largest absolute Gasteiger partial charge is 0.465 e. The molecule has 0 aromatic carbocycles. The molecule has 0 atom stereocenters. The summed E-state index contributed by atoms with van der Waals surface area (Å²) in [5.74, 6) is -0.110. The first-order valence-electron chi connectivity index (χ1n) is 4.33. The molecule has 2 nitrogen and oxygen atoms in total. The summed E-state index contributed by atoms with van der Waals surface area (Å²) in [5, 5.41) is 0. The van der Waals surface area contributed by atoms with Crippen molar-refractivity contribution in [1.29, 1.82) is 0 Å². The van der Waals surface area contributed by atoms with Crippen LogP contribution in [0.3, 0.4) is 0 Å². The molecule has 0 radical (unpaired) electrons. The van der Waals surface area contributed by atoms with Crippen molar-refractivity contribution in [1.82, 2.24) is 0 Å². The Kier molecular flexibility index (Phi) is 3.58. The van der Waals surface area contributed by atoms with E-state index in [1.165, 1.54) is 5.57 Å². The van der Waals surface area contributed by atoms with Gasteiger partial charge in [0.1, 0.15) is 0 Å². The highest BCUT2D eigenvalue weighted by atomic mass is 16.5. The summed E-state index contributed by atoms with van der Waals surface area (Å²) in [5.41, 5.74) is 1.35. The highest BCUT2D eigenvalue weighted by molar-refractivity contribution is 5.68. The van der Waals surface area contributed by atoms with Crippen molar-refractivity contribution in [2.45, 2.75) is 26.2 Å². The lowest BCUT2D eigenvalue weighted by Crippen LogP contribution is -2.04. The number of hydrogen-bond donors (Lipinski definition) is 0. The van der Waals surface area contributed by atoms with Crippen molar-refractivity contribution in [3.8, 4) is 0 Å². The molecule has 1 aliphatic rings. The quantitative estimate of drug-likeness (QED) is 0.598. The summed E-state index contributed by atoms with van der Waals surface area (Å²) in [7, 11) is 0. The molecule has 0 spiro atoms. The summed E-state index contributed by atoms with van der Waals surface area (Å²) in [6, 6.07) is 0. The molecule has 0 aliphatic heterocycles. The van der Waals surface area contributed by atoms with Crippen molar-refractivity contribution in [3.05, 3.63) is 23.8 Å². The Morgan fingerprint density at radius 3 is 3.08 bits per heavy atom. The van der Waals surface area contributed by atoms with Crippen LogP contribution in [0.1, 0.15) is 26.2 Å². The maximum absolute atomic E-state index is 10.7. The van der Waals surface area contributed by atoms with Crippen molar-refractivity contribution < 1.29 is 9.53 Å². The van der Waals surface area contributed by atoms with E-state index in [9.17, 15) is 4.79 Å². The van der Waals surface area contributed by atoms with Gasteiger partial charge in [0.25, 0.3) is 0 Å². The zero-order valence-electron chi connectivity index (χ0n) is 7.38. The van der Waals surface area contributed by atoms with Gasteiger partial charge in [-0.25, -0.2) is 0 Å².